The molecule has 0 amide bonds. The first-order chi connectivity index (χ1) is 10.2. The molecule has 0 radical (unpaired) electrons. The summed E-state index contributed by atoms with van der Waals surface area (Å²) in [6.07, 6.45) is 0. The fourth-order valence-corrected chi connectivity index (χ4v) is 2.38. The summed E-state index contributed by atoms with van der Waals surface area (Å²) in [5.74, 6) is 0. The monoisotopic (exact) mass is 287 g/mol. The van der Waals surface area contributed by atoms with Crippen LogP contribution in [0.4, 0.5) is 17.1 Å². The predicted molar refractivity (Wildman–Crippen MR) is 87.1 cm³/mol. The van der Waals surface area contributed by atoms with Crippen molar-refractivity contribution in [3.8, 4) is 11.1 Å². The van der Waals surface area contributed by atoms with E-state index >= 15 is 0 Å². The first-order valence-electron chi connectivity index (χ1n) is 6.88. The summed E-state index contributed by atoms with van der Waals surface area (Å²) in [6, 6.07) is 13.1. The van der Waals surface area contributed by atoms with Crippen LogP contribution >= 0.6 is 0 Å². The fraction of sp³-hybridized carbons (Fsp3) is 0.250. The third-order valence-corrected chi connectivity index (χ3v) is 3.35. The van der Waals surface area contributed by atoms with Gasteiger partial charge in [-0.05, 0) is 24.3 Å². The Hall–Kier alpha value is -2.24. The molecule has 0 fully saturated rings. The third kappa shape index (κ3) is 3.45. The maximum atomic E-state index is 9.22. The lowest BCUT2D eigenvalue weighted by Crippen LogP contribution is -2.30. The summed E-state index contributed by atoms with van der Waals surface area (Å²) in [5.41, 5.74) is 16.0. The van der Waals surface area contributed by atoms with Crippen LogP contribution in [0.3, 0.4) is 0 Å². The number of nitrogens with two attached hydrogens (primary N) is 2. The molecule has 0 bridgehead atoms. The summed E-state index contributed by atoms with van der Waals surface area (Å²) in [4.78, 5) is 1.92. The number of aliphatic hydroxyl groups excluding tert-OH is 2. The minimum Gasteiger partial charge on any atom is -0.399 e. The molecule has 0 spiro atoms. The molecule has 0 aliphatic rings. The van der Waals surface area contributed by atoms with Crippen LogP contribution in [0.15, 0.2) is 42.5 Å². The van der Waals surface area contributed by atoms with Gasteiger partial charge in [0.15, 0.2) is 0 Å². The highest BCUT2D eigenvalue weighted by atomic mass is 16.3. The highest BCUT2D eigenvalue weighted by Gasteiger charge is 2.14. The Kier molecular flexibility index (Phi) is 5.03. The van der Waals surface area contributed by atoms with Gasteiger partial charge in [-0.1, -0.05) is 18.2 Å². The van der Waals surface area contributed by atoms with Crippen LogP contribution < -0.4 is 16.4 Å². The lowest BCUT2D eigenvalue weighted by atomic mass is 10.0. The van der Waals surface area contributed by atoms with E-state index in [1.54, 1.807) is 6.07 Å². The topological polar surface area (TPSA) is 95.7 Å². The predicted octanol–water partition coefficient (Wildman–Crippen LogP) is 1.31. The molecule has 0 aromatic heterocycles. The molecule has 2 rings (SSSR count). The molecule has 112 valence electrons. The second-order valence-corrected chi connectivity index (χ2v) is 4.80. The molecular weight excluding hydrogens is 266 g/mol. The van der Waals surface area contributed by atoms with E-state index in [9.17, 15) is 10.2 Å². The Morgan fingerprint density at radius 2 is 1.52 bits per heavy atom. The van der Waals surface area contributed by atoms with Gasteiger partial charge in [0, 0.05) is 41.3 Å². The molecule has 6 N–H and O–H groups in total. The Balaban J connectivity index is 2.54. The quantitative estimate of drug-likeness (QED) is 0.601. The second-order valence-electron chi connectivity index (χ2n) is 4.80. The Morgan fingerprint density at radius 1 is 0.857 bits per heavy atom. The number of hydrogen-bond donors (Lipinski definition) is 4. The Bertz CT molecular complexity index is 596. The van der Waals surface area contributed by atoms with Crippen LogP contribution in [0, 0.1) is 0 Å². The molecular formula is C16H21N3O2. The maximum Gasteiger partial charge on any atom is 0.0606 e. The van der Waals surface area contributed by atoms with Crippen LogP contribution in [-0.4, -0.2) is 36.5 Å². The molecule has 21 heavy (non-hydrogen) atoms. The number of nitrogen functional groups attached to an aromatic ring is 2. The molecule has 0 saturated carbocycles. The van der Waals surface area contributed by atoms with Crippen molar-refractivity contribution in [2.75, 3.05) is 42.7 Å². The van der Waals surface area contributed by atoms with Crippen molar-refractivity contribution in [1.29, 1.82) is 0 Å². The third-order valence-electron chi connectivity index (χ3n) is 3.35. The van der Waals surface area contributed by atoms with Gasteiger partial charge in [0.1, 0.15) is 0 Å². The number of benzene rings is 2. The van der Waals surface area contributed by atoms with Crippen LogP contribution in [0.2, 0.25) is 0 Å². The minimum absolute atomic E-state index is 0.00802. The summed E-state index contributed by atoms with van der Waals surface area (Å²) >= 11 is 0. The van der Waals surface area contributed by atoms with E-state index in [-0.39, 0.29) is 13.2 Å². The fourth-order valence-electron chi connectivity index (χ4n) is 2.38. The molecule has 2 aromatic carbocycles. The zero-order valence-electron chi connectivity index (χ0n) is 11.9. The summed E-state index contributed by atoms with van der Waals surface area (Å²) in [5, 5.41) is 18.4. The lowest BCUT2D eigenvalue weighted by molar-refractivity contribution is 0.281. The molecule has 5 heteroatoms. The van der Waals surface area contributed by atoms with Crippen molar-refractivity contribution < 1.29 is 10.2 Å². The smallest absolute Gasteiger partial charge is 0.0606 e. The molecule has 0 unspecified atom stereocenters. The second kappa shape index (κ2) is 6.97. The number of rotatable bonds is 6. The van der Waals surface area contributed by atoms with Crippen molar-refractivity contribution in [3.05, 3.63) is 42.5 Å². The van der Waals surface area contributed by atoms with Crippen LogP contribution in [-0.2, 0) is 0 Å². The van der Waals surface area contributed by atoms with Crippen LogP contribution in [0.25, 0.3) is 11.1 Å². The van der Waals surface area contributed by atoms with Gasteiger partial charge >= 0.3 is 0 Å². The van der Waals surface area contributed by atoms with Crippen molar-refractivity contribution in [1.82, 2.24) is 0 Å². The van der Waals surface area contributed by atoms with Gasteiger partial charge in [-0.3, -0.25) is 0 Å². The van der Waals surface area contributed by atoms with Gasteiger partial charge in [0.25, 0.3) is 0 Å². The van der Waals surface area contributed by atoms with E-state index in [2.05, 4.69) is 0 Å². The first-order valence-corrected chi connectivity index (χ1v) is 6.88. The van der Waals surface area contributed by atoms with E-state index in [4.69, 9.17) is 11.5 Å². The highest BCUT2D eigenvalue weighted by molar-refractivity contribution is 5.87. The van der Waals surface area contributed by atoms with Gasteiger partial charge in [0.05, 0.1) is 13.2 Å². The van der Waals surface area contributed by atoms with E-state index < -0.39 is 0 Å². The molecule has 0 aliphatic heterocycles. The number of aliphatic hydroxyl groups is 2. The largest absolute Gasteiger partial charge is 0.399 e. The standard InChI is InChI=1S/C16H21N3O2/c17-12-5-6-16(19(7-9-20)8-10-21)14(11-12)13-3-1-2-4-15(13)18/h1-6,11,20-21H,7-10,17-18H2. The van der Waals surface area contributed by atoms with Crippen LogP contribution in [0.5, 0.6) is 0 Å². The van der Waals surface area contributed by atoms with Gasteiger partial charge < -0.3 is 26.6 Å². The van der Waals surface area contributed by atoms with Crippen molar-refractivity contribution in [3.63, 3.8) is 0 Å². The van der Waals surface area contributed by atoms with E-state index in [1.165, 1.54) is 0 Å². The van der Waals surface area contributed by atoms with Crippen molar-refractivity contribution in [2.24, 2.45) is 0 Å². The molecule has 0 heterocycles. The summed E-state index contributed by atoms with van der Waals surface area (Å²) in [7, 11) is 0. The normalized spacial score (nSPS) is 10.6. The van der Waals surface area contributed by atoms with Gasteiger partial charge in [-0.2, -0.15) is 0 Å². The molecule has 0 saturated heterocycles. The Morgan fingerprint density at radius 3 is 2.14 bits per heavy atom. The average molecular weight is 287 g/mol. The van der Waals surface area contributed by atoms with Crippen LogP contribution in [0.1, 0.15) is 0 Å². The summed E-state index contributed by atoms with van der Waals surface area (Å²) < 4.78 is 0. The zero-order chi connectivity index (χ0) is 15.2. The molecule has 0 atom stereocenters. The maximum absolute atomic E-state index is 9.22. The summed E-state index contributed by atoms with van der Waals surface area (Å²) in [6.45, 7) is 0.886. The van der Waals surface area contributed by atoms with Gasteiger partial charge in [-0.15, -0.1) is 0 Å². The van der Waals surface area contributed by atoms with E-state index in [0.29, 0.717) is 24.5 Å². The minimum atomic E-state index is 0.00802. The highest BCUT2D eigenvalue weighted by Crippen LogP contribution is 2.35. The van der Waals surface area contributed by atoms with Gasteiger partial charge in [0.2, 0.25) is 0 Å². The first kappa shape index (κ1) is 15.2. The van der Waals surface area contributed by atoms with E-state index in [1.807, 2.05) is 41.3 Å². The Labute approximate surface area is 124 Å². The van der Waals surface area contributed by atoms with Crippen molar-refractivity contribution >= 4 is 17.1 Å². The number of nitrogens with zero attached hydrogens (tertiary/aromatic N) is 1. The van der Waals surface area contributed by atoms with Crippen molar-refractivity contribution in [2.45, 2.75) is 0 Å². The van der Waals surface area contributed by atoms with Gasteiger partial charge in [-0.25, -0.2) is 0 Å². The molecule has 2 aromatic rings. The molecule has 5 nitrogen and oxygen atoms in total. The lowest BCUT2D eigenvalue weighted by Gasteiger charge is -2.26. The van der Waals surface area contributed by atoms with E-state index in [0.717, 1.165) is 16.8 Å². The number of anilines is 3. The zero-order valence-corrected chi connectivity index (χ0v) is 11.9. The number of hydrogen-bond acceptors (Lipinski definition) is 5. The SMILES string of the molecule is Nc1ccc(N(CCO)CCO)c(-c2ccccc2N)c1. The number of para-hydroxylation sites is 1. The molecule has 0 aliphatic carbocycles. The average Bonchev–Trinajstić information content (AvgIpc) is 2.47.